The maximum atomic E-state index is 12.9. The van der Waals surface area contributed by atoms with E-state index in [9.17, 15) is 14.0 Å². The number of likely N-dealkylation sites (tertiary alicyclic amines) is 1. The molecule has 0 aliphatic carbocycles. The van der Waals surface area contributed by atoms with E-state index in [1.54, 1.807) is 0 Å². The number of carbonyl (C=O) groups excluding carboxylic acids is 2. The minimum atomic E-state index is -0.508. The lowest BCUT2D eigenvalue weighted by Gasteiger charge is -2.32. The summed E-state index contributed by atoms with van der Waals surface area (Å²) in [7, 11) is 0. The molecule has 132 valence electrons. The highest BCUT2D eigenvalue weighted by molar-refractivity contribution is 5.97. The number of nitrogens with one attached hydrogen (secondary N) is 1. The van der Waals surface area contributed by atoms with Crippen molar-refractivity contribution >= 4 is 11.9 Å². The van der Waals surface area contributed by atoms with E-state index in [0.717, 1.165) is 25.9 Å². The summed E-state index contributed by atoms with van der Waals surface area (Å²) in [6.45, 7) is 7.26. The van der Waals surface area contributed by atoms with Gasteiger partial charge in [0.15, 0.2) is 5.78 Å². The molecular formula is C18H25FN2O3. The van der Waals surface area contributed by atoms with Gasteiger partial charge in [-0.2, -0.15) is 0 Å². The monoisotopic (exact) mass is 336 g/mol. The number of ether oxygens (including phenoxy) is 1. The summed E-state index contributed by atoms with van der Waals surface area (Å²) >= 11 is 0. The number of halogens is 1. The predicted octanol–water partition coefficient (Wildman–Crippen LogP) is 3.00. The van der Waals surface area contributed by atoms with Gasteiger partial charge in [0.25, 0.3) is 0 Å². The molecule has 5 nitrogen and oxygen atoms in total. The van der Waals surface area contributed by atoms with Gasteiger partial charge in [-0.3, -0.25) is 9.69 Å². The molecule has 6 heteroatoms. The van der Waals surface area contributed by atoms with Crippen LogP contribution < -0.4 is 5.32 Å². The Morgan fingerprint density at radius 3 is 2.33 bits per heavy atom. The van der Waals surface area contributed by atoms with Gasteiger partial charge in [-0.1, -0.05) is 0 Å². The standard InChI is InChI=1S/C18H25FN2O3/c1-18(2,3)24-17(23)20-15-8-10-21(11-9-15)12-16(22)13-4-6-14(19)7-5-13/h4-7,15H,8-12H2,1-3H3,(H,20,23). The van der Waals surface area contributed by atoms with Crippen LogP contribution in [0.25, 0.3) is 0 Å². The van der Waals surface area contributed by atoms with Crippen molar-refractivity contribution in [3.05, 3.63) is 35.6 Å². The maximum absolute atomic E-state index is 12.9. The summed E-state index contributed by atoms with van der Waals surface area (Å²) in [5.74, 6) is -0.367. The largest absolute Gasteiger partial charge is 0.444 e. The van der Waals surface area contributed by atoms with Crippen LogP contribution in [0.1, 0.15) is 44.0 Å². The summed E-state index contributed by atoms with van der Waals surface area (Å²) in [6, 6.07) is 5.68. The Morgan fingerprint density at radius 2 is 1.79 bits per heavy atom. The summed E-state index contributed by atoms with van der Waals surface area (Å²) < 4.78 is 18.1. The number of rotatable bonds is 4. The van der Waals surface area contributed by atoms with Crippen molar-refractivity contribution < 1.29 is 18.7 Å². The van der Waals surface area contributed by atoms with Crippen molar-refractivity contribution in [1.29, 1.82) is 0 Å². The zero-order valence-corrected chi connectivity index (χ0v) is 14.5. The molecule has 1 aliphatic rings. The third-order valence-electron chi connectivity index (χ3n) is 3.84. The molecular weight excluding hydrogens is 311 g/mol. The van der Waals surface area contributed by atoms with Crippen molar-refractivity contribution in [2.45, 2.75) is 45.3 Å². The van der Waals surface area contributed by atoms with E-state index in [4.69, 9.17) is 4.74 Å². The highest BCUT2D eigenvalue weighted by atomic mass is 19.1. The van der Waals surface area contributed by atoms with Gasteiger partial charge >= 0.3 is 6.09 Å². The zero-order valence-electron chi connectivity index (χ0n) is 14.5. The molecule has 0 saturated carbocycles. The molecule has 1 N–H and O–H groups in total. The number of piperidine rings is 1. The molecule has 1 heterocycles. The van der Waals surface area contributed by atoms with E-state index in [1.165, 1.54) is 24.3 Å². The maximum Gasteiger partial charge on any atom is 0.407 e. The lowest BCUT2D eigenvalue weighted by Crippen LogP contribution is -2.47. The van der Waals surface area contributed by atoms with Crippen LogP contribution >= 0.6 is 0 Å². The first-order chi connectivity index (χ1) is 11.2. The second-order valence-electron chi connectivity index (χ2n) is 7.13. The average molecular weight is 336 g/mol. The van der Waals surface area contributed by atoms with Crippen LogP contribution in [-0.2, 0) is 4.74 Å². The van der Waals surface area contributed by atoms with Crippen LogP contribution in [0.5, 0.6) is 0 Å². The van der Waals surface area contributed by atoms with Crippen LogP contribution in [-0.4, -0.2) is 48.1 Å². The fraction of sp³-hybridized carbons (Fsp3) is 0.556. The Morgan fingerprint density at radius 1 is 1.21 bits per heavy atom. The Balaban J connectivity index is 1.75. The molecule has 0 radical (unpaired) electrons. The number of amides is 1. The van der Waals surface area contributed by atoms with Gasteiger partial charge in [0.2, 0.25) is 0 Å². The number of benzene rings is 1. The molecule has 1 saturated heterocycles. The van der Waals surface area contributed by atoms with Gasteiger partial charge in [0.05, 0.1) is 6.54 Å². The molecule has 1 aliphatic heterocycles. The van der Waals surface area contributed by atoms with Gasteiger partial charge in [-0.25, -0.2) is 9.18 Å². The number of hydrogen-bond acceptors (Lipinski definition) is 4. The second kappa shape index (κ2) is 7.75. The van der Waals surface area contributed by atoms with E-state index < -0.39 is 11.7 Å². The summed E-state index contributed by atoms with van der Waals surface area (Å²) in [5.41, 5.74) is 0.0113. The van der Waals surface area contributed by atoms with Crippen molar-refractivity contribution in [3.63, 3.8) is 0 Å². The van der Waals surface area contributed by atoms with Crippen LogP contribution in [0, 0.1) is 5.82 Å². The highest BCUT2D eigenvalue weighted by Crippen LogP contribution is 2.13. The Labute approximate surface area is 142 Å². The molecule has 1 aromatic rings. The molecule has 0 unspecified atom stereocenters. The van der Waals surface area contributed by atoms with Crippen molar-refractivity contribution in [2.24, 2.45) is 0 Å². The first kappa shape index (κ1) is 18.4. The SMILES string of the molecule is CC(C)(C)OC(=O)NC1CCN(CC(=O)c2ccc(F)cc2)CC1. The normalized spacial score (nSPS) is 16.7. The van der Waals surface area contributed by atoms with E-state index in [2.05, 4.69) is 10.2 Å². The van der Waals surface area contributed by atoms with Gasteiger partial charge in [0.1, 0.15) is 11.4 Å². The van der Waals surface area contributed by atoms with Gasteiger partial charge in [-0.15, -0.1) is 0 Å². The summed E-state index contributed by atoms with van der Waals surface area (Å²) in [5, 5.41) is 2.87. The first-order valence-corrected chi connectivity index (χ1v) is 8.23. The molecule has 24 heavy (non-hydrogen) atoms. The molecule has 0 bridgehead atoms. The number of hydrogen-bond donors (Lipinski definition) is 1. The Kier molecular flexibility index (Phi) is 5.94. The zero-order chi connectivity index (χ0) is 17.7. The van der Waals surface area contributed by atoms with Crippen LogP contribution in [0.15, 0.2) is 24.3 Å². The Bertz CT molecular complexity index is 573. The smallest absolute Gasteiger partial charge is 0.407 e. The molecule has 2 rings (SSSR count). The summed E-state index contributed by atoms with van der Waals surface area (Å²) in [4.78, 5) is 26.0. The van der Waals surface area contributed by atoms with Crippen LogP contribution in [0.2, 0.25) is 0 Å². The van der Waals surface area contributed by atoms with E-state index in [-0.39, 0.29) is 17.6 Å². The van der Waals surface area contributed by atoms with Crippen molar-refractivity contribution in [2.75, 3.05) is 19.6 Å². The Hall–Kier alpha value is -1.95. The van der Waals surface area contributed by atoms with E-state index >= 15 is 0 Å². The molecule has 0 spiro atoms. The molecule has 0 aromatic heterocycles. The van der Waals surface area contributed by atoms with Gasteiger partial charge < -0.3 is 10.1 Å². The average Bonchev–Trinajstić information content (AvgIpc) is 2.48. The molecule has 0 atom stereocenters. The molecule has 1 amide bonds. The quantitative estimate of drug-likeness (QED) is 0.859. The first-order valence-electron chi connectivity index (χ1n) is 8.23. The number of Topliss-reactive ketones (excluding diaryl/α,β-unsaturated/α-hetero) is 1. The van der Waals surface area contributed by atoms with Crippen LogP contribution in [0.3, 0.4) is 0 Å². The lowest BCUT2D eigenvalue weighted by molar-refractivity contribution is 0.0476. The fourth-order valence-electron chi connectivity index (χ4n) is 2.64. The molecule has 1 aromatic carbocycles. The fourth-order valence-corrected chi connectivity index (χ4v) is 2.64. The highest BCUT2D eigenvalue weighted by Gasteiger charge is 2.24. The van der Waals surface area contributed by atoms with E-state index in [1.807, 2.05) is 20.8 Å². The second-order valence-corrected chi connectivity index (χ2v) is 7.13. The number of carbonyl (C=O) groups is 2. The van der Waals surface area contributed by atoms with Crippen LogP contribution in [0.4, 0.5) is 9.18 Å². The minimum absolute atomic E-state index is 0.0199. The predicted molar refractivity (Wildman–Crippen MR) is 89.6 cm³/mol. The third kappa shape index (κ3) is 5.92. The number of ketones is 1. The number of alkyl carbamates (subject to hydrolysis) is 1. The van der Waals surface area contributed by atoms with Crippen molar-refractivity contribution in [3.8, 4) is 0 Å². The van der Waals surface area contributed by atoms with Gasteiger partial charge in [-0.05, 0) is 57.9 Å². The lowest BCUT2D eigenvalue weighted by atomic mass is 10.0. The number of nitrogens with zero attached hydrogens (tertiary/aromatic N) is 1. The van der Waals surface area contributed by atoms with Gasteiger partial charge in [0, 0.05) is 24.7 Å². The third-order valence-corrected chi connectivity index (χ3v) is 3.84. The van der Waals surface area contributed by atoms with E-state index in [0.29, 0.717) is 12.1 Å². The molecule has 1 fully saturated rings. The summed E-state index contributed by atoms with van der Waals surface area (Å²) in [6.07, 6.45) is 1.15. The topological polar surface area (TPSA) is 58.6 Å². The minimum Gasteiger partial charge on any atom is -0.444 e. The van der Waals surface area contributed by atoms with Crippen molar-refractivity contribution in [1.82, 2.24) is 10.2 Å².